The first-order valence-electron chi connectivity index (χ1n) is 11.2. The highest BCUT2D eigenvalue weighted by Crippen LogP contribution is 2.34. The van der Waals surface area contributed by atoms with Crippen LogP contribution in [0.4, 0.5) is 11.4 Å². The van der Waals surface area contributed by atoms with Crippen molar-refractivity contribution in [2.45, 2.75) is 31.2 Å². The predicted molar refractivity (Wildman–Crippen MR) is 135 cm³/mol. The Hall–Kier alpha value is -2.52. The number of nitrogens with zero attached hydrogens (tertiary/aromatic N) is 3. The number of amides is 1. The van der Waals surface area contributed by atoms with Crippen LogP contribution in [0.25, 0.3) is 0 Å². The van der Waals surface area contributed by atoms with Crippen LogP contribution in [0.1, 0.15) is 22.8 Å². The predicted octanol–water partition coefficient (Wildman–Crippen LogP) is 3.03. The average molecular weight is 485 g/mol. The third-order valence-corrected chi connectivity index (χ3v) is 9.62. The first kappa shape index (κ1) is 22.3. The van der Waals surface area contributed by atoms with Gasteiger partial charge in [0, 0.05) is 47.9 Å². The summed E-state index contributed by atoms with van der Waals surface area (Å²) in [6.45, 7) is 6.43. The van der Waals surface area contributed by atoms with E-state index in [9.17, 15) is 13.2 Å². The van der Waals surface area contributed by atoms with Crippen molar-refractivity contribution >= 4 is 44.0 Å². The number of hydrogen-bond acceptors (Lipinski definition) is 7. The summed E-state index contributed by atoms with van der Waals surface area (Å²) in [6, 6.07) is 16.1. The number of benzene rings is 2. The van der Waals surface area contributed by atoms with Gasteiger partial charge in [0.15, 0.2) is 15.0 Å². The van der Waals surface area contributed by atoms with Gasteiger partial charge in [-0.2, -0.15) is 0 Å². The van der Waals surface area contributed by atoms with E-state index in [-0.39, 0.29) is 34.7 Å². The normalized spacial score (nSPS) is 26.1. The zero-order chi connectivity index (χ0) is 23.2. The molecule has 5 rings (SSSR count). The first-order chi connectivity index (χ1) is 15.8. The van der Waals surface area contributed by atoms with E-state index < -0.39 is 9.84 Å². The van der Waals surface area contributed by atoms with E-state index in [0.29, 0.717) is 18.7 Å². The van der Waals surface area contributed by atoms with E-state index >= 15 is 0 Å². The number of thioether (sulfide) groups is 1. The standard InChI is InChI=1S/C24H28N4O3S2/c1-16-3-9-20(10-4-16)28-12-11-27(13-17(28)2)23(29)18-5-7-19(8-6-18)25-24-26-21-14-33(30,31)15-22(21)32-24/h3-10,17,21-22H,11-15H2,1-2H3,(H,25,26)/t17-,21+,22-/m0/s1. The number of carbonyl (C=O) groups excluding carboxylic acids is 1. The number of nitrogens with one attached hydrogen (secondary N) is 1. The molecule has 3 aliphatic rings. The number of aliphatic imine (C=N–C) groups is 1. The summed E-state index contributed by atoms with van der Waals surface area (Å²) in [5.74, 6) is 0.378. The maximum atomic E-state index is 13.1. The lowest BCUT2D eigenvalue weighted by Crippen LogP contribution is -2.53. The van der Waals surface area contributed by atoms with Crippen LogP contribution < -0.4 is 10.2 Å². The molecule has 7 nitrogen and oxygen atoms in total. The van der Waals surface area contributed by atoms with Gasteiger partial charge in [0.05, 0.1) is 17.5 Å². The number of rotatable bonds is 3. The number of anilines is 2. The van der Waals surface area contributed by atoms with Crippen molar-refractivity contribution in [3.05, 3.63) is 59.7 Å². The summed E-state index contributed by atoms with van der Waals surface area (Å²) < 4.78 is 23.4. The summed E-state index contributed by atoms with van der Waals surface area (Å²) >= 11 is 1.49. The molecule has 0 spiro atoms. The van der Waals surface area contributed by atoms with E-state index in [0.717, 1.165) is 17.4 Å². The van der Waals surface area contributed by atoms with Crippen molar-refractivity contribution in [2.24, 2.45) is 4.99 Å². The van der Waals surface area contributed by atoms with Gasteiger partial charge in [-0.1, -0.05) is 29.5 Å². The minimum Gasteiger partial charge on any atom is -0.365 e. The van der Waals surface area contributed by atoms with Gasteiger partial charge >= 0.3 is 0 Å². The zero-order valence-electron chi connectivity index (χ0n) is 18.8. The fraction of sp³-hybridized carbons (Fsp3) is 0.417. The Labute approximate surface area is 199 Å². The maximum absolute atomic E-state index is 13.1. The van der Waals surface area contributed by atoms with Crippen molar-refractivity contribution in [1.82, 2.24) is 4.90 Å². The van der Waals surface area contributed by atoms with Gasteiger partial charge in [-0.05, 0) is 50.2 Å². The molecule has 0 unspecified atom stereocenters. The number of aryl methyl sites for hydroxylation is 1. The van der Waals surface area contributed by atoms with Gasteiger partial charge in [-0.15, -0.1) is 0 Å². The Balaban J connectivity index is 1.19. The number of hydrogen-bond donors (Lipinski definition) is 1. The number of fused-ring (bicyclic) bond motifs is 1. The summed E-state index contributed by atoms with van der Waals surface area (Å²) in [7, 11) is -2.95. The molecule has 3 heterocycles. The van der Waals surface area contributed by atoms with Gasteiger partial charge in [0.2, 0.25) is 0 Å². The monoisotopic (exact) mass is 484 g/mol. The number of amidine groups is 1. The zero-order valence-corrected chi connectivity index (χ0v) is 20.4. The molecule has 1 N–H and O–H groups in total. The lowest BCUT2D eigenvalue weighted by molar-refractivity contribution is 0.0726. The third-order valence-electron chi connectivity index (χ3n) is 6.48. The number of sulfone groups is 1. The molecule has 2 aromatic carbocycles. The second kappa shape index (κ2) is 8.68. The molecule has 0 saturated carbocycles. The molecule has 2 saturated heterocycles. The molecule has 9 heteroatoms. The van der Waals surface area contributed by atoms with Crippen LogP contribution in [0.5, 0.6) is 0 Å². The molecule has 0 radical (unpaired) electrons. The molecule has 1 amide bonds. The summed E-state index contributed by atoms with van der Waals surface area (Å²) in [4.78, 5) is 21.9. The number of carbonyl (C=O) groups is 1. The smallest absolute Gasteiger partial charge is 0.253 e. The molecule has 174 valence electrons. The minimum atomic E-state index is -2.95. The molecule has 3 aliphatic heterocycles. The lowest BCUT2D eigenvalue weighted by atomic mass is 10.1. The Morgan fingerprint density at radius 2 is 1.79 bits per heavy atom. The molecular formula is C24H28N4O3S2. The molecule has 2 fully saturated rings. The Kier molecular flexibility index (Phi) is 5.86. The molecule has 33 heavy (non-hydrogen) atoms. The van der Waals surface area contributed by atoms with Gasteiger partial charge in [-0.3, -0.25) is 9.79 Å². The SMILES string of the molecule is Cc1ccc(N2CCN(C(=O)c3ccc(NC4=N[C@@H]5CS(=O)(=O)C[C@@H]5S4)cc3)C[C@@H]2C)cc1. The molecule has 0 aliphatic carbocycles. The highest BCUT2D eigenvalue weighted by molar-refractivity contribution is 8.15. The third kappa shape index (κ3) is 4.75. The van der Waals surface area contributed by atoms with E-state index in [4.69, 9.17) is 0 Å². The summed E-state index contributed by atoms with van der Waals surface area (Å²) in [5, 5.41) is 4.03. The second-order valence-corrected chi connectivity index (χ2v) is 12.4. The van der Waals surface area contributed by atoms with Crippen LogP contribution in [-0.4, -0.2) is 72.9 Å². The van der Waals surface area contributed by atoms with E-state index in [1.54, 1.807) is 0 Å². The van der Waals surface area contributed by atoms with Gasteiger partial charge < -0.3 is 15.1 Å². The first-order valence-corrected chi connectivity index (χ1v) is 13.9. The second-order valence-electron chi connectivity index (χ2n) is 9.07. The maximum Gasteiger partial charge on any atom is 0.253 e. The fourth-order valence-electron chi connectivity index (χ4n) is 4.68. The molecule has 2 aromatic rings. The van der Waals surface area contributed by atoms with Crippen LogP contribution in [0.3, 0.4) is 0 Å². The quantitative estimate of drug-likeness (QED) is 0.721. The van der Waals surface area contributed by atoms with Crippen LogP contribution in [0.15, 0.2) is 53.5 Å². The molecule has 0 bridgehead atoms. The van der Waals surface area contributed by atoms with E-state index in [1.165, 1.54) is 23.0 Å². The van der Waals surface area contributed by atoms with Crippen LogP contribution >= 0.6 is 11.8 Å². The average Bonchev–Trinajstić information content (AvgIpc) is 3.27. The van der Waals surface area contributed by atoms with E-state index in [1.807, 2.05) is 29.2 Å². The van der Waals surface area contributed by atoms with Crippen molar-refractivity contribution in [2.75, 3.05) is 41.4 Å². The highest BCUT2D eigenvalue weighted by Gasteiger charge is 2.42. The van der Waals surface area contributed by atoms with Crippen molar-refractivity contribution in [1.29, 1.82) is 0 Å². The van der Waals surface area contributed by atoms with Crippen molar-refractivity contribution in [3.8, 4) is 0 Å². The van der Waals surface area contributed by atoms with Crippen molar-refractivity contribution < 1.29 is 13.2 Å². The van der Waals surface area contributed by atoms with Crippen molar-refractivity contribution in [3.63, 3.8) is 0 Å². The van der Waals surface area contributed by atoms with Gasteiger partial charge in [0.25, 0.3) is 5.91 Å². The largest absolute Gasteiger partial charge is 0.365 e. The Morgan fingerprint density at radius 3 is 2.45 bits per heavy atom. The highest BCUT2D eigenvalue weighted by atomic mass is 32.2. The Morgan fingerprint density at radius 1 is 1.06 bits per heavy atom. The summed E-state index contributed by atoms with van der Waals surface area (Å²) in [6.07, 6.45) is 0. The lowest BCUT2D eigenvalue weighted by Gasteiger charge is -2.41. The van der Waals surface area contributed by atoms with Crippen LogP contribution in [0.2, 0.25) is 0 Å². The molecular weight excluding hydrogens is 456 g/mol. The topological polar surface area (TPSA) is 82.1 Å². The van der Waals surface area contributed by atoms with Gasteiger partial charge in [0.1, 0.15) is 0 Å². The number of piperazine rings is 1. The summed E-state index contributed by atoms with van der Waals surface area (Å²) in [5.41, 5.74) is 3.95. The Bertz CT molecular complexity index is 1180. The van der Waals surface area contributed by atoms with Crippen LogP contribution in [0, 0.1) is 6.92 Å². The molecule has 3 atom stereocenters. The van der Waals surface area contributed by atoms with Crippen LogP contribution in [-0.2, 0) is 9.84 Å². The minimum absolute atomic E-state index is 0.0129. The van der Waals surface area contributed by atoms with E-state index in [2.05, 4.69) is 53.3 Å². The van der Waals surface area contributed by atoms with Gasteiger partial charge in [-0.25, -0.2) is 8.42 Å². The fourth-order valence-corrected chi connectivity index (χ4v) is 8.36. The molecule has 0 aromatic heterocycles.